The zero-order chi connectivity index (χ0) is 22.3. The fraction of sp³-hybridized carbons (Fsp3) is 0.304. The highest BCUT2D eigenvalue weighted by atomic mass is 16.5. The number of amides is 3. The number of rotatable bonds is 6. The van der Waals surface area contributed by atoms with Gasteiger partial charge in [0.1, 0.15) is 12.4 Å². The van der Waals surface area contributed by atoms with Crippen molar-refractivity contribution in [2.24, 2.45) is 0 Å². The molecule has 1 atom stereocenters. The van der Waals surface area contributed by atoms with E-state index in [1.165, 1.54) is 4.90 Å². The Kier molecular flexibility index (Phi) is 5.10. The Labute approximate surface area is 179 Å². The SMILES string of the molecule is CC1Oc2ccc(C(=O)COCC(C)(C)N3C(=O)c4ccccc4C3=O)cc2NC1=O. The normalized spacial score (nSPS) is 17.7. The van der Waals surface area contributed by atoms with E-state index in [-0.39, 0.29) is 36.7 Å². The highest BCUT2D eigenvalue weighted by Crippen LogP contribution is 2.31. The molecule has 2 aliphatic rings. The first-order valence-corrected chi connectivity index (χ1v) is 9.89. The Morgan fingerprint density at radius 3 is 2.39 bits per heavy atom. The summed E-state index contributed by atoms with van der Waals surface area (Å²) in [6.45, 7) is 4.82. The van der Waals surface area contributed by atoms with Crippen LogP contribution in [0.3, 0.4) is 0 Å². The molecule has 31 heavy (non-hydrogen) atoms. The molecule has 0 aliphatic carbocycles. The van der Waals surface area contributed by atoms with E-state index in [9.17, 15) is 19.2 Å². The average Bonchev–Trinajstić information content (AvgIpc) is 2.99. The summed E-state index contributed by atoms with van der Waals surface area (Å²) in [4.78, 5) is 50.9. The molecular formula is C23H22N2O6. The number of nitrogens with zero attached hydrogens (tertiary/aromatic N) is 1. The van der Waals surface area contributed by atoms with Crippen molar-refractivity contribution in [1.29, 1.82) is 0 Å². The summed E-state index contributed by atoms with van der Waals surface area (Å²) >= 11 is 0. The number of fused-ring (bicyclic) bond motifs is 2. The van der Waals surface area contributed by atoms with Crippen LogP contribution >= 0.6 is 0 Å². The first kappa shape index (κ1) is 20.7. The van der Waals surface area contributed by atoms with Crippen LogP contribution in [0.15, 0.2) is 42.5 Å². The average molecular weight is 422 g/mol. The zero-order valence-electron chi connectivity index (χ0n) is 17.4. The van der Waals surface area contributed by atoms with E-state index in [0.717, 1.165) is 0 Å². The van der Waals surface area contributed by atoms with Gasteiger partial charge in [-0.1, -0.05) is 12.1 Å². The number of ether oxygens (including phenoxy) is 2. The smallest absolute Gasteiger partial charge is 0.265 e. The molecule has 0 radical (unpaired) electrons. The van der Waals surface area contributed by atoms with E-state index in [1.54, 1.807) is 63.2 Å². The van der Waals surface area contributed by atoms with Gasteiger partial charge in [0.2, 0.25) is 0 Å². The summed E-state index contributed by atoms with van der Waals surface area (Å²) in [7, 11) is 0. The van der Waals surface area contributed by atoms with E-state index in [1.807, 2.05) is 0 Å². The predicted molar refractivity (Wildman–Crippen MR) is 111 cm³/mol. The Hall–Kier alpha value is -3.52. The molecule has 0 spiro atoms. The Morgan fingerprint density at radius 2 is 1.74 bits per heavy atom. The second-order valence-corrected chi connectivity index (χ2v) is 8.18. The number of carbonyl (C=O) groups excluding carboxylic acids is 4. The molecule has 0 saturated carbocycles. The third-order valence-electron chi connectivity index (χ3n) is 5.32. The van der Waals surface area contributed by atoms with Gasteiger partial charge < -0.3 is 14.8 Å². The predicted octanol–water partition coefficient (Wildman–Crippen LogP) is 2.68. The molecule has 8 nitrogen and oxygen atoms in total. The third kappa shape index (κ3) is 3.70. The lowest BCUT2D eigenvalue weighted by Gasteiger charge is -2.33. The van der Waals surface area contributed by atoms with Gasteiger partial charge in [-0.15, -0.1) is 0 Å². The van der Waals surface area contributed by atoms with E-state index in [4.69, 9.17) is 9.47 Å². The minimum atomic E-state index is -0.943. The number of nitrogens with one attached hydrogen (secondary N) is 1. The topological polar surface area (TPSA) is 102 Å². The first-order chi connectivity index (χ1) is 14.7. The van der Waals surface area contributed by atoms with Gasteiger partial charge in [-0.3, -0.25) is 24.1 Å². The number of hydrogen-bond acceptors (Lipinski definition) is 6. The lowest BCUT2D eigenvalue weighted by molar-refractivity contribution is -0.122. The molecule has 160 valence electrons. The number of anilines is 1. The van der Waals surface area contributed by atoms with Crippen molar-refractivity contribution >= 4 is 29.2 Å². The minimum absolute atomic E-state index is 0.00743. The van der Waals surface area contributed by atoms with Gasteiger partial charge in [-0.25, -0.2) is 0 Å². The highest BCUT2D eigenvalue weighted by molar-refractivity contribution is 6.21. The molecule has 0 bridgehead atoms. The van der Waals surface area contributed by atoms with Crippen molar-refractivity contribution in [3.63, 3.8) is 0 Å². The molecule has 2 aromatic rings. The van der Waals surface area contributed by atoms with Crippen LogP contribution in [0.5, 0.6) is 5.75 Å². The van der Waals surface area contributed by atoms with Gasteiger partial charge in [0.15, 0.2) is 11.9 Å². The Bertz CT molecular complexity index is 1070. The maximum Gasteiger partial charge on any atom is 0.265 e. The number of imide groups is 1. The van der Waals surface area contributed by atoms with Crippen LogP contribution in [0.2, 0.25) is 0 Å². The zero-order valence-corrected chi connectivity index (χ0v) is 17.4. The molecule has 2 heterocycles. The molecule has 1 unspecified atom stereocenters. The van der Waals surface area contributed by atoms with Gasteiger partial charge in [-0.2, -0.15) is 0 Å². The van der Waals surface area contributed by atoms with Crippen LogP contribution in [-0.2, 0) is 9.53 Å². The molecule has 1 N–H and O–H groups in total. The van der Waals surface area contributed by atoms with E-state index in [0.29, 0.717) is 28.1 Å². The van der Waals surface area contributed by atoms with Gasteiger partial charge in [0.05, 0.1) is 29.0 Å². The van der Waals surface area contributed by atoms with Crippen LogP contribution in [0.25, 0.3) is 0 Å². The molecule has 0 fully saturated rings. The van der Waals surface area contributed by atoms with Crippen molar-refractivity contribution in [2.75, 3.05) is 18.5 Å². The molecule has 2 aromatic carbocycles. The molecule has 3 amide bonds. The van der Waals surface area contributed by atoms with Gasteiger partial charge >= 0.3 is 0 Å². The van der Waals surface area contributed by atoms with Crippen molar-refractivity contribution in [2.45, 2.75) is 32.4 Å². The largest absolute Gasteiger partial charge is 0.479 e. The monoisotopic (exact) mass is 422 g/mol. The van der Waals surface area contributed by atoms with Crippen LogP contribution in [0.4, 0.5) is 5.69 Å². The highest BCUT2D eigenvalue weighted by Gasteiger charge is 2.44. The third-order valence-corrected chi connectivity index (χ3v) is 5.32. The Morgan fingerprint density at radius 1 is 1.10 bits per heavy atom. The van der Waals surface area contributed by atoms with E-state index >= 15 is 0 Å². The van der Waals surface area contributed by atoms with Crippen LogP contribution in [0, 0.1) is 0 Å². The van der Waals surface area contributed by atoms with E-state index in [2.05, 4.69) is 5.32 Å². The summed E-state index contributed by atoms with van der Waals surface area (Å²) in [6, 6.07) is 11.4. The van der Waals surface area contributed by atoms with Gasteiger partial charge in [0.25, 0.3) is 17.7 Å². The van der Waals surface area contributed by atoms with Crippen LogP contribution < -0.4 is 10.1 Å². The van der Waals surface area contributed by atoms with Crippen molar-refractivity contribution in [3.8, 4) is 5.75 Å². The molecule has 8 heteroatoms. The van der Waals surface area contributed by atoms with Crippen molar-refractivity contribution in [1.82, 2.24) is 4.90 Å². The van der Waals surface area contributed by atoms with Crippen molar-refractivity contribution < 1.29 is 28.7 Å². The summed E-state index contributed by atoms with van der Waals surface area (Å²) < 4.78 is 11.1. The van der Waals surface area contributed by atoms with Gasteiger partial charge in [0, 0.05) is 5.56 Å². The number of carbonyl (C=O) groups is 4. The molecule has 4 rings (SSSR count). The van der Waals surface area contributed by atoms with Gasteiger partial charge in [-0.05, 0) is 51.1 Å². The lowest BCUT2D eigenvalue weighted by Crippen LogP contribution is -2.50. The maximum absolute atomic E-state index is 12.7. The summed E-state index contributed by atoms with van der Waals surface area (Å²) in [6.07, 6.45) is -0.596. The standard InChI is InChI=1S/C23H22N2O6/c1-13-20(27)24-17-10-14(8-9-19(17)31-13)18(26)11-30-12-23(2,3)25-21(28)15-6-4-5-7-16(15)22(25)29/h4-10,13H,11-12H2,1-3H3,(H,24,27). The second-order valence-electron chi connectivity index (χ2n) is 8.18. The fourth-order valence-corrected chi connectivity index (χ4v) is 3.66. The number of Topliss-reactive ketones (excluding diaryl/α,β-unsaturated/α-hetero) is 1. The summed E-state index contributed by atoms with van der Waals surface area (Å²) in [5, 5.41) is 2.70. The summed E-state index contributed by atoms with van der Waals surface area (Å²) in [5.41, 5.74) is 0.575. The molecule has 0 aromatic heterocycles. The molecule has 0 saturated heterocycles. The maximum atomic E-state index is 12.7. The lowest BCUT2D eigenvalue weighted by atomic mass is 10.0. The van der Waals surface area contributed by atoms with Crippen LogP contribution in [-0.4, -0.2) is 53.3 Å². The number of hydrogen-bond donors (Lipinski definition) is 1. The fourth-order valence-electron chi connectivity index (χ4n) is 3.66. The second kappa shape index (κ2) is 7.63. The summed E-state index contributed by atoms with van der Waals surface area (Å²) in [5.74, 6) is -0.832. The molecule has 2 aliphatic heterocycles. The Balaban J connectivity index is 1.40. The van der Waals surface area contributed by atoms with E-state index < -0.39 is 11.6 Å². The molecular weight excluding hydrogens is 400 g/mol. The quantitative estimate of drug-likeness (QED) is 0.567. The first-order valence-electron chi connectivity index (χ1n) is 9.89. The van der Waals surface area contributed by atoms with Crippen molar-refractivity contribution in [3.05, 3.63) is 59.2 Å². The van der Waals surface area contributed by atoms with Crippen LogP contribution in [0.1, 0.15) is 51.8 Å². The number of ketones is 1. The number of benzene rings is 2. The minimum Gasteiger partial charge on any atom is -0.479 e.